The topological polar surface area (TPSA) is 12.9 Å². The van der Waals surface area contributed by atoms with Crippen LogP contribution in [-0.2, 0) is 0 Å². The van der Waals surface area contributed by atoms with Gasteiger partial charge < -0.3 is 0 Å². The van der Waals surface area contributed by atoms with Gasteiger partial charge in [-0.2, -0.15) is 0 Å². The third-order valence-corrected chi connectivity index (χ3v) is 3.02. The molecular weight excluding hydrogens is 238 g/mol. The van der Waals surface area contributed by atoms with Crippen LogP contribution in [0.4, 0.5) is 0 Å². The van der Waals surface area contributed by atoms with Gasteiger partial charge in [0.15, 0.2) is 0 Å². The Hall–Kier alpha value is -1.15. The van der Waals surface area contributed by atoms with Crippen molar-refractivity contribution in [2.45, 2.75) is 6.92 Å². The fourth-order valence-electron chi connectivity index (χ4n) is 1.31. The standard InChI is InChI=1S/C12H10BrN/c1-9-4-5-10(7-12(9)13)11-3-2-6-14-8-11/h2-8H,1H3. The second-order valence-corrected chi connectivity index (χ2v) is 4.06. The molecule has 0 spiro atoms. The molecule has 0 unspecified atom stereocenters. The van der Waals surface area contributed by atoms with E-state index >= 15 is 0 Å². The lowest BCUT2D eigenvalue weighted by molar-refractivity contribution is 1.32. The van der Waals surface area contributed by atoms with Crippen molar-refractivity contribution < 1.29 is 0 Å². The largest absolute Gasteiger partial charge is 0.264 e. The molecule has 0 aliphatic carbocycles. The predicted octanol–water partition coefficient (Wildman–Crippen LogP) is 3.82. The monoisotopic (exact) mass is 247 g/mol. The Morgan fingerprint density at radius 3 is 2.64 bits per heavy atom. The maximum atomic E-state index is 4.10. The first-order valence-electron chi connectivity index (χ1n) is 4.44. The summed E-state index contributed by atoms with van der Waals surface area (Å²) < 4.78 is 1.14. The Bertz CT molecular complexity index is 437. The van der Waals surface area contributed by atoms with Gasteiger partial charge in [0, 0.05) is 22.4 Å². The van der Waals surface area contributed by atoms with Gasteiger partial charge in [-0.25, -0.2) is 0 Å². The van der Waals surface area contributed by atoms with E-state index < -0.39 is 0 Å². The van der Waals surface area contributed by atoms with Gasteiger partial charge in [-0.1, -0.05) is 34.1 Å². The normalized spacial score (nSPS) is 10.1. The van der Waals surface area contributed by atoms with Crippen molar-refractivity contribution in [1.29, 1.82) is 0 Å². The smallest absolute Gasteiger partial charge is 0.0346 e. The van der Waals surface area contributed by atoms with E-state index in [-0.39, 0.29) is 0 Å². The van der Waals surface area contributed by atoms with Crippen molar-refractivity contribution in [2.24, 2.45) is 0 Å². The average molecular weight is 248 g/mol. The van der Waals surface area contributed by atoms with Crippen LogP contribution >= 0.6 is 15.9 Å². The van der Waals surface area contributed by atoms with Crippen molar-refractivity contribution in [3.8, 4) is 11.1 Å². The number of aryl methyl sites for hydroxylation is 1. The van der Waals surface area contributed by atoms with Crippen LogP contribution in [0.3, 0.4) is 0 Å². The van der Waals surface area contributed by atoms with Crippen LogP contribution in [0.5, 0.6) is 0 Å². The summed E-state index contributed by atoms with van der Waals surface area (Å²) in [6.45, 7) is 2.08. The van der Waals surface area contributed by atoms with Crippen LogP contribution in [0.1, 0.15) is 5.56 Å². The lowest BCUT2D eigenvalue weighted by atomic mass is 10.1. The van der Waals surface area contributed by atoms with Crippen molar-refractivity contribution in [3.63, 3.8) is 0 Å². The molecule has 0 bridgehead atoms. The van der Waals surface area contributed by atoms with E-state index in [0.29, 0.717) is 0 Å². The number of halogens is 1. The third-order valence-electron chi connectivity index (χ3n) is 2.17. The number of aromatic nitrogens is 1. The van der Waals surface area contributed by atoms with Crippen molar-refractivity contribution in [3.05, 3.63) is 52.8 Å². The van der Waals surface area contributed by atoms with Gasteiger partial charge in [0.2, 0.25) is 0 Å². The first-order chi connectivity index (χ1) is 6.77. The first-order valence-corrected chi connectivity index (χ1v) is 5.23. The summed E-state index contributed by atoms with van der Waals surface area (Å²) in [5, 5.41) is 0. The number of rotatable bonds is 1. The molecule has 0 aliphatic rings. The molecule has 1 aromatic heterocycles. The lowest BCUT2D eigenvalue weighted by Crippen LogP contribution is -1.81. The van der Waals surface area contributed by atoms with Gasteiger partial charge in [-0.3, -0.25) is 4.98 Å². The van der Waals surface area contributed by atoms with Crippen LogP contribution < -0.4 is 0 Å². The first kappa shape index (κ1) is 9.41. The number of hydrogen-bond donors (Lipinski definition) is 0. The summed E-state index contributed by atoms with van der Waals surface area (Å²) in [5.41, 5.74) is 3.58. The van der Waals surface area contributed by atoms with Gasteiger partial charge >= 0.3 is 0 Å². The van der Waals surface area contributed by atoms with Crippen LogP contribution in [-0.4, -0.2) is 4.98 Å². The molecule has 0 aliphatic heterocycles. The molecule has 0 fully saturated rings. The van der Waals surface area contributed by atoms with Gasteiger partial charge in [-0.05, 0) is 30.2 Å². The highest BCUT2D eigenvalue weighted by Crippen LogP contribution is 2.24. The Kier molecular flexibility index (Phi) is 2.64. The van der Waals surface area contributed by atoms with E-state index in [1.807, 2.05) is 12.3 Å². The minimum atomic E-state index is 1.14. The lowest BCUT2D eigenvalue weighted by Gasteiger charge is -2.03. The molecule has 0 saturated carbocycles. The zero-order valence-corrected chi connectivity index (χ0v) is 9.45. The Labute approximate surface area is 91.9 Å². The van der Waals surface area contributed by atoms with E-state index in [0.717, 1.165) is 10.0 Å². The Balaban J connectivity index is 2.48. The zero-order chi connectivity index (χ0) is 9.97. The SMILES string of the molecule is Cc1ccc(-c2cccnc2)cc1Br. The molecule has 0 saturated heterocycles. The molecule has 1 heterocycles. The van der Waals surface area contributed by atoms with E-state index in [1.165, 1.54) is 11.1 Å². The zero-order valence-electron chi connectivity index (χ0n) is 7.87. The number of nitrogens with zero attached hydrogens (tertiary/aromatic N) is 1. The molecule has 0 N–H and O–H groups in total. The summed E-state index contributed by atoms with van der Waals surface area (Å²) in [5.74, 6) is 0. The van der Waals surface area contributed by atoms with E-state index in [2.05, 4.69) is 52.1 Å². The van der Waals surface area contributed by atoms with Crippen LogP contribution in [0.15, 0.2) is 47.2 Å². The minimum absolute atomic E-state index is 1.14. The van der Waals surface area contributed by atoms with E-state index in [9.17, 15) is 0 Å². The van der Waals surface area contributed by atoms with Crippen molar-refractivity contribution in [2.75, 3.05) is 0 Å². The van der Waals surface area contributed by atoms with Crippen molar-refractivity contribution in [1.82, 2.24) is 4.98 Å². The van der Waals surface area contributed by atoms with E-state index in [4.69, 9.17) is 0 Å². The molecule has 70 valence electrons. The van der Waals surface area contributed by atoms with Gasteiger partial charge in [0.25, 0.3) is 0 Å². The maximum Gasteiger partial charge on any atom is 0.0346 e. The van der Waals surface area contributed by atoms with Crippen molar-refractivity contribution >= 4 is 15.9 Å². The average Bonchev–Trinajstić information content (AvgIpc) is 2.23. The number of benzene rings is 1. The maximum absolute atomic E-state index is 4.10. The molecule has 2 aromatic rings. The molecule has 14 heavy (non-hydrogen) atoms. The molecule has 1 nitrogen and oxygen atoms in total. The molecule has 0 radical (unpaired) electrons. The number of pyridine rings is 1. The minimum Gasteiger partial charge on any atom is -0.264 e. The second-order valence-electron chi connectivity index (χ2n) is 3.21. The highest BCUT2D eigenvalue weighted by atomic mass is 79.9. The van der Waals surface area contributed by atoms with Gasteiger partial charge in [0.1, 0.15) is 0 Å². The summed E-state index contributed by atoms with van der Waals surface area (Å²) in [6, 6.07) is 10.3. The molecular formula is C12H10BrN. The quantitative estimate of drug-likeness (QED) is 0.747. The summed E-state index contributed by atoms with van der Waals surface area (Å²) >= 11 is 3.52. The highest BCUT2D eigenvalue weighted by Gasteiger charge is 1.99. The van der Waals surface area contributed by atoms with Gasteiger partial charge in [-0.15, -0.1) is 0 Å². The number of hydrogen-bond acceptors (Lipinski definition) is 1. The van der Waals surface area contributed by atoms with E-state index in [1.54, 1.807) is 6.20 Å². The summed E-state index contributed by atoms with van der Waals surface area (Å²) in [7, 11) is 0. The molecule has 1 aromatic carbocycles. The fraction of sp³-hybridized carbons (Fsp3) is 0.0833. The molecule has 2 rings (SSSR count). The summed E-state index contributed by atoms with van der Waals surface area (Å²) in [6.07, 6.45) is 3.66. The van der Waals surface area contributed by atoms with Crippen LogP contribution in [0, 0.1) is 6.92 Å². The molecule has 2 heteroatoms. The third kappa shape index (κ3) is 1.85. The van der Waals surface area contributed by atoms with Crippen LogP contribution in [0.2, 0.25) is 0 Å². The molecule has 0 atom stereocenters. The molecule has 0 amide bonds. The predicted molar refractivity (Wildman–Crippen MR) is 62.1 cm³/mol. The van der Waals surface area contributed by atoms with Crippen LogP contribution in [0.25, 0.3) is 11.1 Å². The highest BCUT2D eigenvalue weighted by molar-refractivity contribution is 9.10. The summed E-state index contributed by atoms with van der Waals surface area (Å²) in [4.78, 5) is 4.10. The van der Waals surface area contributed by atoms with Gasteiger partial charge in [0.05, 0.1) is 0 Å². The second kappa shape index (κ2) is 3.93. The Morgan fingerprint density at radius 1 is 1.14 bits per heavy atom. The Morgan fingerprint density at radius 2 is 2.00 bits per heavy atom. The fourth-order valence-corrected chi connectivity index (χ4v) is 1.68.